The molecule has 0 amide bonds. The van der Waals surface area contributed by atoms with Gasteiger partial charge in [0, 0.05) is 12.7 Å². The van der Waals surface area contributed by atoms with Gasteiger partial charge in [0.1, 0.15) is 19.8 Å². The van der Waals surface area contributed by atoms with Crippen LogP contribution < -0.4 is 0 Å². The average molecular weight is 403 g/mol. The van der Waals surface area contributed by atoms with Gasteiger partial charge in [-0.2, -0.15) is 0 Å². The van der Waals surface area contributed by atoms with Crippen LogP contribution in [0.4, 0.5) is 0 Å². The van der Waals surface area contributed by atoms with Crippen LogP contribution in [-0.2, 0) is 33.3 Å². The minimum atomic E-state index is -0.488. The Bertz CT molecular complexity index is 507. The third kappa shape index (κ3) is 12.5. The molecule has 0 heterocycles. The topological polar surface area (TPSA) is 88.1 Å². The third-order valence-corrected chi connectivity index (χ3v) is 4.29. The van der Waals surface area contributed by atoms with Crippen molar-refractivity contribution in [2.45, 2.75) is 61.3 Å². The Labute approximate surface area is 169 Å². The molecule has 0 unspecified atom stereocenters. The van der Waals surface area contributed by atoms with E-state index >= 15 is 0 Å². The molecule has 7 nitrogen and oxygen atoms in total. The lowest BCUT2D eigenvalue weighted by Crippen LogP contribution is -2.27. The van der Waals surface area contributed by atoms with Crippen LogP contribution in [0.15, 0.2) is 12.2 Å². The summed E-state index contributed by atoms with van der Waals surface area (Å²) in [5, 5.41) is 0. The van der Waals surface area contributed by atoms with E-state index in [0.717, 1.165) is 6.42 Å². The summed E-state index contributed by atoms with van der Waals surface area (Å²) in [6.45, 7) is 17.2. The molecule has 0 aromatic carbocycles. The molecule has 28 heavy (non-hydrogen) atoms. The van der Waals surface area contributed by atoms with Crippen LogP contribution in [-0.4, -0.2) is 51.4 Å². The predicted octanol–water partition coefficient (Wildman–Crippen LogP) is 3.70. The zero-order chi connectivity index (χ0) is 22.4. The first-order chi connectivity index (χ1) is 12.9. The van der Waals surface area contributed by atoms with Crippen molar-refractivity contribution in [3.63, 3.8) is 0 Å². The van der Waals surface area contributed by atoms with E-state index in [4.69, 9.17) is 18.9 Å². The Hall–Kier alpha value is -1.89. The van der Waals surface area contributed by atoms with Crippen molar-refractivity contribution in [1.29, 1.82) is 0 Å². The van der Waals surface area contributed by atoms with Crippen LogP contribution >= 0.6 is 0 Å². The van der Waals surface area contributed by atoms with E-state index in [2.05, 4.69) is 6.58 Å². The van der Waals surface area contributed by atoms with Gasteiger partial charge in [-0.25, -0.2) is 4.79 Å². The van der Waals surface area contributed by atoms with E-state index in [1.165, 1.54) is 0 Å². The fourth-order valence-corrected chi connectivity index (χ4v) is 1.29. The van der Waals surface area contributed by atoms with Gasteiger partial charge in [-0.3, -0.25) is 9.59 Å². The van der Waals surface area contributed by atoms with Gasteiger partial charge in [0.15, 0.2) is 0 Å². The van der Waals surface area contributed by atoms with Gasteiger partial charge in [0.2, 0.25) is 0 Å². The first-order valence-electron chi connectivity index (χ1n) is 9.51. The SMILES string of the molecule is C=C(C)C(=O)OCCOC(=O)C(C)(C)CC.CCC(C)(C)C(=O)OCCOC. The lowest BCUT2D eigenvalue weighted by atomic mass is 9.91. The molecule has 0 aliphatic rings. The van der Waals surface area contributed by atoms with Crippen molar-refractivity contribution in [3.8, 4) is 0 Å². The lowest BCUT2D eigenvalue weighted by molar-refractivity contribution is -0.158. The Balaban J connectivity index is 0. The van der Waals surface area contributed by atoms with Crippen LogP contribution in [0.1, 0.15) is 61.3 Å². The zero-order valence-electron chi connectivity index (χ0n) is 18.8. The molecule has 0 aromatic rings. The number of carbonyl (C=O) groups is 3. The standard InChI is InChI=1S/C12H20O4.C9H18O3/c1-6-12(4,5)11(14)16-8-7-15-10(13)9(2)3;1-5-9(2,3)8(10)12-7-6-11-4/h2,6-8H2,1,3-5H3;5-7H2,1-4H3. The lowest BCUT2D eigenvalue weighted by Gasteiger charge is -2.20. The summed E-state index contributed by atoms with van der Waals surface area (Å²) in [4.78, 5) is 33.8. The van der Waals surface area contributed by atoms with E-state index in [1.54, 1.807) is 14.0 Å². The molecule has 0 saturated heterocycles. The monoisotopic (exact) mass is 402 g/mol. The molecule has 0 aromatic heterocycles. The summed E-state index contributed by atoms with van der Waals surface area (Å²) < 4.78 is 19.5. The smallest absolute Gasteiger partial charge is 0.333 e. The Morgan fingerprint density at radius 1 is 0.750 bits per heavy atom. The molecule has 0 radical (unpaired) electrons. The van der Waals surface area contributed by atoms with Gasteiger partial charge in [0.05, 0.1) is 17.4 Å². The van der Waals surface area contributed by atoms with Gasteiger partial charge in [0.25, 0.3) is 0 Å². The molecule has 0 bridgehead atoms. The van der Waals surface area contributed by atoms with Gasteiger partial charge < -0.3 is 18.9 Å². The molecule has 0 rings (SSSR count). The van der Waals surface area contributed by atoms with Crippen molar-refractivity contribution in [2.24, 2.45) is 10.8 Å². The first-order valence-corrected chi connectivity index (χ1v) is 9.51. The molecule has 0 fully saturated rings. The quantitative estimate of drug-likeness (QED) is 0.225. The second-order valence-electron chi connectivity index (χ2n) is 7.66. The highest BCUT2D eigenvalue weighted by Gasteiger charge is 2.27. The van der Waals surface area contributed by atoms with E-state index < -0.39 is 11.4 Å². The fourth-order valence-electron chi connectivity index (χ4n) is 1.29. The van der Waals surface area contributed by atoms with Crippen molar-refractivity contribution in [1.82, 2.24) is 0 Å². The van der Waals surface area contributed by atoms with Crippen LogP contribution in [0.2, 0.25) is 0 Å². The summed E-state index contributed by atoms with van der Waals surface area (Å²) in [5.41, 5.74) is -0.522. The zero-order valence-corrected chi connectivity index (χ0v) is 18.8. The van der Waals surface area contributed by atoms with E-state index in [1.807, 2.05) is 41.5 Å². The van der Waals surface area contributed by atoms with Gasteiger partial charge in [-0.05, 0) is 47.5 Å². The van der Waals surface area contributed by atoms with Crippen molar-refractivity contribution in [3.05, 3.63) is 12.2 Å². The first kappa shape index (κ1) is 28.3. The highest BCUT2D eigenvalue weighted by Crippen LogP contribution is 2.21. The molecule has 0 N–H and O–H groups in total. The highest BCUT2D eigenvalue weighted by atomic mass is 16.6. The fraction of sp³-hybridized carbons (Fsp3) is 0.762. The summed E-state index contributed by atoms with van der Waals surface area (Å²) in [5.74, 6) is -0.894. The normalized spacial score (nSPS) is 11.0. The Morgan fingerprint density at radius 2 is 1.11 bits per heavy atom. The largest absolute Gasteiger partial charge is 0.463 e. The number of hydrogen-bond acceptors (Lipinski definition) is 7. The van der Waals surface area contributed by atoms with Gasteiger partial charge in [-0.15, -0.1) is 0 Å². The summed E-state index contributed by atoms with van der Waals surface area (Å²) in [7, 11) is 1.58. The van der Waals surface area contributed by atoms with E-state index in [0.29, 0.717) is 25.2 Å². The molecule has 0 saturated carbocycles. The second-order valence-corrected chi connectivity index (χ2v) is 7.66. The molecule has 164 valence electrons. The van der Waals surface area contributed by atoms with Crippen LogP contribution in [0.5, 0.6) is 0 Å². The molecule has 0 aliphatic heterocycles. The minimum absolute atomic E-state index is 0.0667. The van der Waals surface area contributed by atoms with Crippen LogP contribution in [0.25, 0.3) is 0 Å². The number of esters is 3. The summed E-state index contributed by atoms with van der Waals surface area (Å²) >= 11 is 0. The molecule has 7 heteroatoms. The van der Waals surface area contributed by atoms with Crippen LogP contribution in [0, 0.1) is 10.8 Å². The predicted molar refractivity (Wildman–Crippen MR) is 108 cm³/mol. The maximum Gasteiger partial charge on any atom is 0.333 e. The van der Waals surface area contributed by atoms with Gasteiger partial charge >= 0.3 is 17.9 Å². The second kappa shape index (κ2) is 14.2. The van der Waals surface area contributed by atoms with E-state index in [9.17, 15) is 14.4 Å². The maximum absolute atomic E-state index is 11.5. The molecule has 0 spiro atoms. The van der Waals surface area contributed by atoms with Crippen molar-refractivity contribution in [2.75, 3.05) is 33.5 Å². The summed E-state index contributed by atoms with van der Waals surface area (Å²) in [6.07, 6.45) is 1.50. The average Bonchev–Trinajstić information content (AvgIpc) is 2.65. The Kier molecular flexibility index (Phi) is 14.3. The van der Waals surface area contributed by atoms with E-state index in [-0.39, 0.29) is 30.6 Å². The van der Waals surface area contributed by atoms with Gasteiger partial charge in [-0.1, -0.05) is 20.4 Å². The number of carbonyl (C=O) groups excluding carboxylic acids is 3. The molecular formula is C21H38O7. The minimum Gasteiger partial charge on any atom is -0.463 e. The highest BCUT2D eigenvalue weighted by molar-refractivity contribution is 5.86. The van der Waals surface area contributed by atoms with Crippen LogP contribution in [0.3, 0.4) is 0 Å². The maximum atomic E-state index is 11.5. The molecule has 0 atom stereocenters. The summed E-state index contributed by atoms with van der Waals surface area (Å²) in [6, 6.07) is 0. The van der Waals surface area contributed by atoms with Crippen molar-refractivity contribution < 1.29 is 33.3 Å². The number of ether oxygens (including phenoxy) is 4. The van der Waals surface area contributed by atoms with Crippen molar-refractivity contribution >= 4 is 17.9 Å². The molecular weight excluding hydrogens is 364 g/mol. The number of methoxy groups -OCH3 is 1. The number of rotatable bonds is 11. The Morgan fingerprint density at radius 3 is 1.43 bits per heavy atom. The third-order valence-electron chi connectivity index (χ3n) is 4.29. The molecule has 0 aliphatic carbocycles. The number of hydrogen-bond donors (Lipinski definition) is 0.